The van der Waals surface area contributed by atoms with E-state index in [9.17, 15) is 13.2 Å². The Morgan fingerprint density at radius 3 is 1.79 bits per heavy atom. The summed E-state index contributed by atoms with van der Waals surface area (Å²) < 4.78 is 46.5. The van der Waals surface area contributed by atoms with Crippen molar-refractivity contribution in [3.8, 4) is 0 Å². The molecule has 2 rings (SSSR count). The van der Waals surface area contributed by atoms with E-state index in [0.717, 1.165) is 18.3 Å². The van der Waals surface area contributed by atoms with Gasteiger partial charge in [0, 0.05) is 11.4 Å². The molecule has 0 aliphatic carbocycles. The number of halogens is 3. The van der Waals surface area contributed by atoms with E-state index in [1.54, 1.807) is 31.8 Å². The van der Waals surface area contributed by atoms with Gasteiger partial charge in [0.1, 0.15) is 0 Å². The monoisotopic (exact) mass is 353 g/mol. The maximum absolute atomic E-state index is 13.6. The van der Waals surface area contributed by atoms with Crippen LogP contribution in [0.25, 0.3) is 0 Å². The van der Waals surface area contributed by atoms with Crippen molar-refractivity contribution in [3.63, 3.8) is 0 Å². The van der Waals surface area contributed by atoms with Crippen molar-refractivity contribution >= 4 is 19.7 Å². The Morgan fingerprint density at radius 1 is 0.833 bits per heavy atom. The third-order valence-corrected chi connectivity index (χ3v) is 4.57. The van der Waals surface area contributed by atoms with Crippen molar-refractivity contribution in [1.82, 2.24) is 0 Å². The molecule has 2 aromatic carbocycles. The number of anilines is 2. The molecule has 0 radical (unpaired) electrons. The van der Waals surface area contributed by atoms with Gasteiger partial charge in [-0.1, -0.05) is 30.3 Å². The molecule has 130 valence electrons. The van der Waals surface area contributed by atoms with E-state index >= 15 is 0 Å². The lowest BCUT2D eigenvalue weighted by atomic mass is 9.95. The lowest BCUT2D eigenvalue weighted by Crippen LogP contribution is -2.48. The summed E-state index contributed by atoms with van der Waals surface area (Å²) in [5.41, 5.74) is -0.594. The normalized spacial score (nSPS) is 15.0. The first-order valence-corrected chi connectivity index (χ1v) is 11.1. The molecule has 0 aliphatic heterocycles. The molecule has 2 aromatic rings. The Morgan fingerprint density at radius 2 is 1.33 bits per heavy atom. The summed E-state index contributed by atoms with van der Waals surface area (Å²) in [6, 6.07) is 15.7. The first kappa shape index (κ1) is 18.5. The minimum absolute atomic E-state index is 0.107. The number of benzene rings is 2. The molecule has 6 heteroatoms. The van der Waals surface area contributed by atoms with E-state index in [1.165, 1.54) is 12.1 Å². The Labute approximate surface area is 141 Å². The molecular formula is C18H22F3NOSi. The van der Waals surface area contributed by atoms with Crippen LogP contribution in [0.15, 0.2) is 54.6 Å². The SMILES string of the molecule is CC(O[Si](C)(C)C)(c1ccc(Nc2ccccc2)cc1)C(F)(F)F. The fourth-order valence-electron chi connectivity index (χ4n) is 2.45. The maximum atomic E-state index is 13.6. The molecule has 0 fully saturated rings. The van der Waals surface area contributed by atoms with Gasteiger partial charge in [0.05, 0.1) is 0 Å². The van der Waals surface area contributed by atoms with E-state index in [0.29, 0.717) is 0 Å². The van der Waals surface area contributed by atoms with Crippen LogP contribution in [-0.4, -0.2) is 14.5 Å². The van der Waals surface area contributed by atoms with Gasteiger partial charge in [-0.2, -0.15) is 13.2 Å². The Bertz CT molecular complexity index is 665. The minimum atomic E-state index is -4.48. The topological polar surface area (TPSA) is 21.3 Å². The van der Waals surface area contributed by atoms with Gasteiger partial charge >= 0.3 is 6.18 Å². The van der Waals surface area contributed by atoms with Gasteiger partial charge in [-0.05, 0) is 56.4 Å². The van der Waals surface area contributed by atoms with Crippen molar-refractivity contribution in [2.24, 2.45) is 0 Å². The summed E-state index contributed by atoms with van der Waals surface area (Å²) in [6.45, 7) is 6.36. The fraction of sp³-hybridized carbons (Fsp3) is 0.333. The second kappa shape index (κ2) is 6.61. The van der Waals surface area contributed by atoms with Gasteiger partial charge in [-0.15, -0.1) is 0 Å². The van der Waals surface area contributed by atoms with Crippen LogP contribution in [-0.2, 0) is 10.0 Å². The van der Waals surface area contributed by atoms with Crippen molar-refractivity contribution in [2.45, 2.75) is 38.3 Å². The molecule has 0 saturated heterocycles. The first-order valence-electron chi connectivity index (χ1n) is 7.71. The van der Waals surface area contributed by atoms with Crippen molar-refractivity contribution in [3.05, 3.63) is 60.2 Å². The maximum Gasteiger partial charge on any atom is 0.420 e. The van der Waals surface area contributed by atoms with Crippen molar-refractivity contribution < 1.29 is 17.6 Å². The van der Waals surface area contributed by atoms with Gasteiger partial charge in [0.25, 0.3) is 0 Å². The van der Waals surface area contributed by atoms with Crippen LogP contribution in [0.4, 0.5) is 24.5 Å². The zero-order chi connectivity index (χ0) is 18.0. The highest BCUT2D eigenvalue weighted by Crippen LogP contribution is 2.44. The van der Waals surface area contributed by atoms with Crippen LogP contribution in [0, 0.1) is 0 Å². The minimum Gasteiger partial charge on any atom is -0.401 e. The van der Waals surface area contributed by atoms with Crippen molar-refractivity contribution in [2.75, 3.05) is 5.32 Å². The third-order valence-electron chi connectivity index (χ3n) is 3.55. The second-order valence-electron chi connectivity index (χ2n) is 6.81. The van der Waals surface area contributed by atoms with Crippen LogP contribution in [0.3, 0.4) is 0 Å². The second-order valence-corrected chi connectivity index (χ2v) is 11.2. The largest absolute Gasteiger partial charge is 0.420 e. The summed E-state index contributed by atoms with van der Waals surface area (Å²) in [6.07, 6.45) is -4.48. The highest BCUT2D eigenvalue weighted by molar-refractivity contribution is 6.69. The van der Waals surface area contributed by atoms with E-state index in [4.69, 9.17) is 4.43 Å². The zero-order valence-electron chi connectivity index (χ0n) is 14.2. The average molecular weight is 353 g/mol. The Kier molecular flexibility index (Phi) is 5.10. The van der Waals surface area contributed by atoms with Gasteiger partial charge in [-0.25, -0.2) is 0 Å². The Hall–Kier alpha value is -1.79. The molecule has 24 heavy (non-hydrogen) atoms. The van der Waals surface area contributed by atoms with Crippen LogP contribution < -0.4 is 5.32 Å². The van der Waals surface area contributed by atoms with Gasteiger partial charge in [0.15, 0.2) is 13.9 Å². The van der Waals surface area contributed by atoms with Gasteiger partial charge < -0.3 is 9.74 Å². The molecule has 1 atom stereocenters. The number of rotatable bonds is 5. The smallest absolute Gasteiger partial charge is 0.401 e. The number of alkyl halides is 3. The quantitative estimate of drug-likeness (QED) is 0.660. The standard InChI is InChI=1S/C18H22F3NOSi/c1-17(18(19,20)21,23-24(2,3)4)14-10-12-16(13-11-14)22-15-8-6-5-7-9-15/h5-13,22H,1-4H3. The molecule has 2 nitrogen and oxygen atoms in total. The lowest BCUT2D eigenvalue weighted by molar-refractivity contribution is -0.250. The number of para-hydroxylation sites is 1. The Balaban J connectivity index is 2.29. The molecule has 0 heterocycles. The van der Waals surface area contributed by atoms with Gasteiger partial charge in [-0.3, -0.25) is 0 Å². The van der Waals surface area contributed by atoms with Crippen LogP contribution in [0.5, 0.6) is 0 Å². The predicted molar refractivity (Wildman–Crippen MR) is 94.0 cm³/mol. The number of hydrogen-bond acceptors (Lipinski definition) is 2. The molecule has 0 saturated carbocycles. The third kappa shape index (κ3) is 4.39. The summed E-state index contributed by atoms with van der Waals surface area (Å²) in [5, 5.41) is 3.16. The first-order chi connectivity index (χ1) is 11.0. The number of nitrogens with one attached hydrogen (secondary N) is 1. The summed E-state index contributed by atoms with van der Waals surface area (Å²) in [7, 11) is -2.40. The van der Waals surface area contributed by atoms with E-state index in [2.05, 4.69) is 5.32 Å². The summed E-state index contributed by atoms with van der Waals surface area (Å²) in [4.78, 5) is 0. The van der Waals surface area contributed by atoms with Crippen molar-refractivity contribution in [1.29, 1.82) is 0 Å². The van der Waals surface area contributed by atoms with Crippen LogP contribution in [0.1, 0.15) is 12.5 Å². The summed E-state index contributed by atoms with van der Waals surface area (Å²) in [5.74, 6) is 0. The molecule has 1 N–H and O–H groups in total. The lowest BCUT2D eigenvalue weighted by Gasteiger charge is -2.38. The molecule has 0 aromatic heterocycles. The molecule has 0 amide bonds. The van der Waals surface area contributed by atoms with E-state index < -0.39 is 20.1 Å². The molecule has 0 bridgehead atoms. The summed E-state index contributed by atoms with van der Waals surface area (Å²) >= 11 is 0. The van der Waals surface area contributed by atoms with Crippen LogP contribution >= 0.6 is 0 Å². The van der Waals surface area contributed by atoms with Crippen LogP contribution in [0.2, 0.25) is 19.6 Å². The molecule has 0 spiro atoms. The zero-order valence-corrected chi connectivity index (χ0v) is 15.2. The predicted octanol–water partition coefficient (Wildman–Crippen LogP) is 6.06. The fourth-order valence-corrected chi connectivity index (χ4v) is 3.91. The highest BCUT2D eigenvalue weighted by atomic mass is 28.4. The van der Waals surface area contributed by atoms with E-state index in [1.807, 2.05) is 30.3 Å². The average Bonchev–Trinajstić information content (AvgIpc) is 2.46. The molecule has 1 unspecified atom stereocenters. The molecular weight excluding hydrogens is 331 g/mol. The molecule has 0 aliphatic rings. The number of hydrogen-bond donors (Lipinski definition) is 1. The van der Waals surface area contributed by atoms with Gasteiger partial charge in [0.2, 0.25) is 0 Å². The highest BCUT2D eigenvalue weighted by Gasteiger charge is 2.55. The van der Waals surface area contributed by atoms with E-state index in [-0.39, 0.29) is 5.56 Å².